The first-order valence-corrected chi connectivity index (χ1v) is 12.7. The van der Waals surface area contributed by atoms with Crippen LogP contribution in [0.2, 0.25) is 5.02 Å². The van der Waals surface area contributed by atoms with Crippen molar-refractivity contribution in [1.82, 2.24) is 4.98 Å². The third kappa shape index (κ3) is 4.33. The monoisotopic (exact) mass is 568 g/mol. The molecule has 0 saturated carbocycles. The molecule has 0 bridgehead atoms. The molecule has 2 heterocycles. The molecule has 6 nitrogen and oxygen atoms in total. The number of aliphatic hydroxyl groups is 1. The molecule has 1 fully saturated rings. The number of anilines is 1. The van der Waals surface area contributed by atoms with Gasteiger partial charge in [-0.1, -0.05) is 63.1 Å². The summed E-state index contributed by atoms with van der Waals surface area (Å²) in [6, 6.07) is 18.4. The van der Waals surface area contributed by atoms with Gasteiger partial charge < -0.3 is 9.84 Å². The van der Waals surface area contributed by atoms with Crippen molar-refractivity contribution in [2.75, 3.05) is 11.5 Å². The molecule has 0 radical (unpaired) electrons. The molecule has 4 aromatic rings. The first kappa shape index (κ1) is 23.5. The van der Waals surface area contributed by atoms with Gasteiger partial charge in [0.25, 0.3) is 5.78 Å². The Kier molecular flexibility index (Phi) is 6.35. The van der Waals surface area contributed by atoms with Crippen LogP contribution in [0.4, 0.5) is 5.13 Å². The maximum atomic E-state index is 13.4. The highest BCUT2D eigenvalue weighted by molar-refractivity contribution is 9.10. The molecule has 0 aliphatic carbocycles. The molecule has 1 N–H and O–H groups in total. The van der Waals surface area contributed by atoms with E-state index in [1.165, 1.54) is 16.2 Å². The van der Waals surface area contributed by atoms with Crippen molar-refractivity contribution >= 4 is 71.7 Å². The molecule has 1 aliphatic rings. The Morgan fingerprint density at radius 1 is 1.14 bits per heavy atom. The molecule has 1 saturated heterocycles. The third-order valence-electron chi connectivity index (χ3n) is 5.59. The van der Waals surface area contributed by atoms with Gasteiger partial charge in [-0.2, -0.15) is 0 Å². The highest BCUT2D eigenvalue weighted by Gasteiger charge is 2.48. The quantitative estimate of drug-likeness (QED) is 0.164. The molecular weight excluding hydrogens is 552 g/mol. The minimum atomic E-state index is -0.866. The summed E-state index contributed by atoms with van der Waals surface area (Å²) in [5.41, 5.74) is 1.69. The summed E-state index contributed by atoms with van der Waals surface area (Å²) in [5.74, 6) is -1.27. The van der Waals surface area contributed by atoms with E-state index in [0.29, 0.717) is 39.2 Å². The van der Waals surface area contributed by atoms with E-state index < -0.39 is 17.7 Å². The van der Waals surface area contributed by atoms with Gasteiger partial charge in [-0.05, 0) is 55.0 Å². The summed E-state index contributed by atoms with van der Waals surface area (Å²) in [6.45, 7) is 2.31. The van der Waals surface area contributed by atoms with Gasteiger partial charge >= 0.3 is 5.91 Å². The zero-order valence-corrected chi connectivity index (χ0v) is 21.5. The Morgan fingerprint density at radius 3 is 2.66 bits per heavy atom. The van der Waals surface area contributed by atoms with E-state index in [1.807, 2.05) is 31.2 Å². The van der Waals surface area contributed by atoms with Crippen LogP contribution in [0.15, 0.2) is 76.8 Å². The lowest BCUT2D eigenvalue weighted by atomic mass is 9.95. The van der Waals surface area contributed by atoms with Gasteiger partial charge in [0.05, 0.1) is 28.4 Å². The number of carbonyl (C=O) groups excluding carboxylic acids is 2. The summed E-state index contributed by atoms with van der Waals surface area (Å²) in [4.78, 5) is 32.6. The second-order valence-electron chi connectivity index (χ2n) is 7.79. The predicted octanol–water partition coefficient (Wildman–Crippen LogP) is 6.74. The number of Topliss-reactive ketones (excluding diaryl/α,β-unsaturated/α-hetero) is 1. The third-order valence-corrected chi connectivity index (χ3v) is 7.38. The molecular formula is C26H18BrClN2O4S. The second kappa shape index (κ2) is 9.45. The number of ether oxygens (including phenoxy) is 1. The number of ketones is 1. The number of rotatable bonds is 5. The number of nitrogens with zero attached hydrogens (tertiary/aromatic N) is 2. The van der Waals surface area contributed by atoms with Crippen LogP contribution in [-0.4, -0.2) is 28.4 Å². The zero-order chi connectivity index (χ0) is 24.7. The molecule has 9 heteroatoms. The smallest absolute Gasteiger partial charge is 0.301 e. The Hall–Kier alpha value is -3.20. The number of thiazole rings is 1. The summed E-state index contributed by atoms with van der Waals surface area (Å²) in [7, 11) is 0. The van der Waals surface area contributed by atoms with Crippen LogP contribution in [0.5, 0.6) is 5.75 Å². The Balaban J connectivity index is 1.71. The predicted molar refractivity (Wildman–Crippen MR) is 141 cm³/mol. The van der Waals surface area contributed by atoms with E-state index in [4.69, 9.17) is 16.3 Å². The van der Waals surface area contributed by atoms with Crippen molar-refractivity contribution < 1.29 is 19.4 Å². The van der Waals surface area contributed by atoms with E-state index >= 15 is 0 Å². The lowest BCUT2D eigenvalue weighted by Crippen LogP contribution is -2.29. The fourth-order valence-corrected chi connectivity index (χ4v) is 5.57. The number of fused-ring (bicyclic) bond motifs is 1. The molecule has 3 aromatic carbocycles. The summed E-state index contributed by atoms with van der Waals surface area (Å²) in [6.07, 6.45) is 0. The summed E-state index contributed by atoms with van der Waals surface area (Å²) >= 11 is 10.8. The van der Waals surface area contributed by atoms with E-state index in [1.54, 1.807) is 42.5 Å². The number of carbonyl (C=O) groups is 2. The fraction of sp³-hybridized carbons (Fsp3) is 0.115. The molecule has 1 atom stereocenters. The largest absolute Gasteiger partial charge is 0.507 e. The average molecular weight is 570 g/mol. The second-order valence-corrected chi connectivity index (χ2v) is 10.2. The Bertz CT molecular complexity index is 1500. The highest BCUT2D eigenvalue weighted by Crippen LogP contribution is 2.44. The molecule has 1 amide bonds. The minimum Gasteiger partial charge on any atom is -0.507 e. The number of hydrogen-bond acceptors (Lipinski definition) is 6. The number of amides is 1. The lowest BCUT2D eigenvalue weighted by molar-refractivity contribution is -0.132. The molecule has 1 aromatic heterocycles. The first-order valence-electron chi connectivity index (χ1n) is 10.7. The summed E-state index contributed by atoms with van der Waals surface area (Å²) in [5, 5.41) is 12.2. The van der Waals surface area contributed by atoms with Crippen molar-refractivity contribution in [2.24, 2.45) is 0 Å². The Morgan fingerprint density at radius 2 is 1.91 bits per heavy atom. The van der Waals surface area contributed by atoms with E-state index in [2.05, 4.69) is 20.9 Å². The standard InChI is InChI=1S/C26H18BrClN2O4S/c1-2-34-18-5-3-4-15(12-18)23(31)21-22(14-6-8-16(27)9-7-14)30(25(33)24(21)32)26-29-19-11-10-17(28)13-20(19)35-26/h3-13,22,31H,2H2,1H3/b23-21+. The van der Waals surface area contributed by atoms with Gasteiger partial charge in [-0.15, -0.1) is 0 Å². The van der Waals surface area contributed by atoms with Crippen LogP contribution in [0.3, 0.4) is 0 Å². The maximum Gasteiger partial charge on any atom is 0.301 e. The van der Waals surface area contributed by atoms with Crippen molar-refractivity contribution in [1.29, 1.82) is 0 Å². The van der Waals surface area contributed by atoms with Crippen LogP contribution >= 0.6 is 38.9 Å². The average Bonchev–Trinajstić information content (AvgIpc) is 3.37. The van der Waals surface area contributed by atoms with Gasteiger partial charge in [0.2, 0.25) is 0 Å². The normalized spacial score (nSPS) is 17.3. The van der Waals surface area contributed by atoms with E-state index in [-0.39, 0.29) is 11.3 Å². The van der Waals surface area contributed by atoms with Crippen LogP contribution in [0.25, 0.3) is 16.0 Å². The van der Waals surface area contributed by atoms with E-state index in [0.717, 1.165) is 9.17 Å². The SMILES string of the molecule is CCOc1cccc(/C(O)=C2\C(=O)C(=O)N(c3nc4ccc(Cl)cc4s3)C2c2ccc(Br)cc2)c1. The van der Waals surface area contributed by atoms with Crippen molar-refractivity contribution in [3.63, 3.8) is 0 Å². The molecule has 176 valence electrons. The van der Waals surface area contributed by atoms with Crippen molar-refractivity contribution in [3.8, 4) is 5.75 Å². The number of hydrogen-bond donors (Lipinski definition) is 1. The van der Waals surface area contributed by atoms with Crippen LogP contribution in [0, 0.1) is 0 Å². The van der Waals surface area contributed by atoms with Crippen molar-refractivity contribution in [3.05, 3.63) is 92.9 Å². The van der Waals surface area contributed by atoms with Crippen LogP contribution in [-0.2, 0) is 9.59 Å². The number of halogens is 2. The lowest BCUT2D eigenvalue weighted by Gasteiger charge is -2.23. The number of benzene rings is 3. The number of aromatic nitrogens is 1. The van der Waals surface area contributed by atoms with Crippen molar-refractivity contribution in [2.45, 2.75) is 13.0 Å². The van der Waals surface area contributed by atoms with Crippen LogP contribution < -0.4 is 9.64 Å². The van der Waals surface area contributed by atoms with Gasteiger partial charge in [-0.3, -0.25) is 14.5 Å². The van der Waals surface area contributed by atoms with Gasteiger partial charge in [-0.25, -0.2) is 4.98 Å². The zero-order valence-electron chi connectivity index (χ0n) is 18.4. The maximum absolute atomic E-state index is 13.4. The molecule has 35 heavy (non-hydrogen) atoms. The van der Waals surface area contributed by atoms with E-state index in [9.17, 15) is 14.7 Å². The van der Waals surface area contributed by atoms with Gasteiger partial charge in [0.15, 0.2) is 5.13 Å². The Labute approximate surface area is 218 Å². The summed E-state index contributed by atoms with van der Waals surface area (Å²) < 4.78 is 7.18. The molecule has 5 rings (SSSR count). The fourth-order valence-electron chi connectivity index (χ4n) is 4.03. The highest BCUT2D eigenvalue weighted by atomic mass is 79.9. The minimum absolute atomic E-state index is 0.0109. The number of aliphatic hydroxyl groups excluding tert-OH is 1. The first-order chi connectivity index (χ1) is 16.9. The molecule has 0 spiro atoms. The van der Waals surface area contributed by atoms with Crippen LogP contribution in [0.1, 0.15) is 24.1 Å². The van der Waals surface area contributed by atoms with Gasteiger partial charge in [0.1, 0.15) is 11.5 Å². The van der Waals surface area contributed by atoms with Gasteiger partial charge in [0, 0.05) is 15.1 Å². The topological polar surface area (TPSA) is 79.7 Å². The molecule has 1 unspecified atom stereocenters. The molecule has 1 aliphatic heterocycles.